The third-order valence-electron chi connectivity index (χ3n) is 11.8. The molecule has 0 fully saturated rings. The van der Waals surface area contributed by atoms with Crippen molar-refractivity contribution in [2.45, 2.75) is 296 Å². The average molecular weight is 792 g/mol. The van der Waals surface area contributed by atoms with Crippen molar-refractivity contribution in [3.05, 3.63) is 0 Å². The predicted molar refractivity (Wildman–Crippen MR) is 240 cm³/mol. The van der Waals surface area contributed by atoms with Gasteiger partial charge in [-0.05, 0) is 38.5 Å². The summed E-state index contributed by atoms with van der Waals surface area (Å²) in [5.74, 6) is -1.20. The maximum atomic E-state index is 12.8. The van der Waals surface area contributed by atoms with Gasteiger partial charge in [0, 0.05) is 12.8 Å². The van der Waals surface area contributed by atoms with E-state index in [2.05, 4.69) is 19.2 Å². The maximum Gasteiger partial charge on any atom is 0.322 e. The number of amides is 1. The van der Waals surface area contributed by atoms with Crippen LogP contribution >= 0.6 is 0 Å². The number of aliphatic carboxylic acids is 1. The molecule has 1 atom stereocenters. The van der Waals surface area contributed by atoms with E-state index >= 15 is 0 Å². The summed E-state index contributed by atoms with van der Waals surface area (Å²) < 4.78 is 6.07. The van der Waals surface area contributed by atoms with Crippen LogP contribution in [0.4, 0.5) is 0 Å². The van der Waals surface area contributed by atoms with Crippen molar-refractivity contribution in [3.63, 3.8) is 0 Å². The molecule has 0 saturated heterocycles. The second-order valence-electron chi connectivity index (χ2n) is 17.4. The molecule has 56 heavy (non-hydrogen) atoms. The molecule has 6 nitrogen and oxygen atoms in total. The Balaban J connectivity index is 4.00. The molecular weight excluding hydrogens is 695 g/mol. The molecule has 0 aromatic rings. The van der Waals surface area contributed by atoms with Crippen LogP contribution in [0.25, 0.3) is 0 Å². The number of ether oxygens (including phenoxy) is 1. The Morgan fingerprint density at radius 1 is 0.393 bits per heavy atom. The molecule has 0 aromatic heterocycles. The maximum absolute atomic E-state index is 12.8. The highest BCUT2D eigenvalue weighted by Crippen LogP contribution is 2.20. The van der Waals surface area contributed by atoms with Crippen molar-refractivity contribution in [2.75, 3.05) is 6.54 Å². The first kappa shape index (κ1) is 54.4. The van der Waals surface area contributed by atoms with Gasteiger partial charge in [0.05, 0.1) is 0 Å². The van der Waals surface area contributed by atoms with Crippen LogP contribution in [0, 0.1) is 0 Å². The van der Waals surface area contributed by atoms with E-state index in [0.717, 1.165) is 64.2 Å². The fourth-order valence-corrected chi connectivity index (χ4v) is 8.05. The van der Waals surface area contributed by atoms with Crippen LogP contribution in [0.15, 0.2) is 0 Å². The van der Waals surface area contributed by atoms with Crippen LogP contribution in [0.1, 0.15) is 290 Å². The first-order chi connectivity index (χ1) is 27.5. The van der Waals surface area contributed by atoms with E-state index in [1.165, 1.54) is 199 Å². The summed E-state index contributed by atoms with van der Waals surface area (Å²) in [4.78, 5) is 35.2. The number of carboxylic acids is 1. The van der Waals surface area contributed by atoms with E-state index in [1.807, 2.05) is 0 Å². The van der Waals surface area contributed by atoms with Gasteiger partial charge in [-0.25, -0.2) is 0 Å². The van der Waals surface area contributed by atoms with E-state index < -0.39 is 5.97 Å². The first-order valence-corrected chi connectivity index (χ1v) is 25.2. The van der Waals surface area contributed by atoms with E-state index in [9.17, 15) is 14.4 Å². The van der Waals surface area contributed by atoms with Crippen LogP contribution in [0.2, 0.25) is 0 Å². The Morgan fingerprint density at radius 3 is 0.964 bits per heavy atom. The van der Waals surface area contributed by atoms with Gasteiger partial charge in [0.15, 0.2) is 0 Å². The summed E-state index contributed by atoms with van der Waals surface area (Å²) in [6, 6.07) is 0. The zero-order valence-electron chi connectivity index (χ0n) is 37.8. The molecule has 1 unspecified atom stereocenters. The van der Waals surface area contributed by atoms with Gasteiger partial charge in [0.1, 0.15) is 12.6 Å². The van der Waals surface area contributed by atoms with Crippen molar-refractivity contribution in [1.82, 2.24) is 5.32 Å². The molecule has 0 bridgehead atoms. The highest BCUT2D eigenvalue weighted by molar-refractivity contribution is 5.80. The van der Waals surface area contributed by atoms with E-state index in [-0.39, 0.29) is 24.5 Å². The van der Waals surface area contributed by atoms with Crippen LogP contribution in [-0.2, 0) is 19.1 Å². The van der Waals surface area contributed by atoms with Crippen molar-refractivity contribution < 1.29 is 24.2 Å². The standard InChI is InChI=1S/C50H97NO5/c1-3-5-7-9-11-13-15-17-18-19-20-21-22-23-24-26-28-30-32-37-41-45-50(55)56-47(43-39-35-33-36-40-44-48(52)51-46-49(53)54)42-38-34-31-29-27-25-16-14-12-10-8-6-4-2/h47H,3-46H2,1-2H3,(H,51,52)(H,53,54). The number of esters is 1. The minimum Gasteiger partial charge on any atom is -0.480 e. The molecule has 0 radical (unpaired) electrons. The average Bonchev–Trinajstić information content (AvgIpc) is 3.18. The fraction of sp³-hybridized carbons (Fsp3) is 0.940. The third-order valence-corrected chi connectivity index (χ3v) is 11.8. The minimum atomic E-state index is -1.01. The SMILES string of the molecule is CCCCCCCCCCCCCCCCCCCCCCCC(=O)OC(CCCCCCCCCCCCCCC)CCCCCCCC(=O)NCC(=O)O. The van der Waals surface area contributed by atoms with Crippen LogP contribution in [-0.4, -0.2) is 35.6 Å². The topological polar surface area (TPSA) is 92.7 Å². The monoisotopic (exact) mass is 792 g/mol. The molecule has 0 heterocycles. The number of carbonyl (C=O) groups is 3. The Hall–Kier alpha value is -1.59. The van der Waals surface area contributed by atoms with Crippen molar-refractivity contribution in [3.8, 4) is 0 Å². The van der Waals surface area contributed by atoms with Gasteiger partial charge in [0.2, 0.25) is 5.91 Å². The molecule has 0 spiro atoms. The number of unbranched alkanes of at least 4 members (excludes halogenated alkanes) is 36. The van der Waals surface area contributed by atoms with Crippen LogP contribution in [0.3, 0.4) is 0 Å². The Kier molecular flexibility index (Phi) is 44.8. The van der Waals surface area contributed by atoms with E-state index in [0.29, 0.717) is 12.8 Å². The third kappa shape index (κ3) is 45.1. The summed E-state index contributed by atoms with van der Waals surface area (Å²) in [5.41, 5.74) is 0. The summed E-state index contributed by atoms with van der Waals surface area (Å²) in [5, 5.41) is 11.1. The lowest BCUT2D eigenvalue weighted by atomic mass is 10.0. The normalized spacial score (nSPS) is 11.9. The van der Waals surface area contributed by atoms with Crippen LogP contribution < -0.4 is 5.32 Å². The molecule has 332 valence electrons. The molecule has 6 heteroatoms. The first-order valence-electron chi connectivity index (χ1n) is 25.2. The molecule has 0 aliphatic rings. The van der Waals surface area contributed by atoms with Gasteiger partial charge < -0.3 is 15.2 Å². The lowest BCUT2D eigenvalue weighted by Crippen LogP contribution is -2.28. The van der Waals surface area contributed by atoms with Gasteiger partial charge in [-0.2, -0.15) is 0 Å². The number of carboxylic acid groups (broad SMARTS) is 1. The molecule has 0 aliphatic carbocycles. The number of carbonyl (C=O) groups excluding carboxylic acids is 2. The highest BCUT2D eigenvalue weighted by Gasteiger charge is 2.14. The molecule has 1 amide bonds. The highest BCUT2D eigenvalue weighted by atomic mass is 16.5. The zero-order chi connectivity index (χ0) is 40.8. The summed E-state index contributed by atoms with van der Waals surface area (Å²) >= 11 is 0. The van der Waals surface area contributed by atoms with Crippen molar-refractivity contribution in [1.29, 1.82) is 0 Å². The summed E-state index contributed by atoms with van der Waals surface area (Å²) in [6.45, 7) is 4.27. The number of hydrogen-bond acceptors (Lipinski definition) is 4. The molecule has 0 rings (SSSR count). The Labute approximate surface area is 349 Å². The Bertz CT molecular complexity index is 832. The zero-order valence-corrected chi connectivity index (χ0v) is 37.8. The van der Waals surface area contributed by atoms with Gasteiger partial charge in [-0.1, -0.05) is 239 Å². The predicted octanol–water partition coefficient (Wildman–Crippen LogP) is 15.9. The smallest absolute Gasteiger partial charge is 0.322 e. The van der Waals surface area contributed by atoms with Crippen molar-refractivity contribution >= 4 is 17.8 Å². The molecule has 0 aliphatic heterocycles. The van der Waals surface area contributed by atoms with Crippen molar-refractivity contribution in [2.24, 2.45) is 0 Å². The van der Waals surface area contributed by atoms with Gasteiger partial charge >= 0.3 is 11.9 Å². The van der Waals surface area contributed by atoms with E-state index in [4.69, 9.17) is 9.84 Å². The van der Waals surface area contributed by atoms with Crippen LogP contribution in [0.5, 0.6) is 0 Å². The second-order valence-corrected chi connectivity index (χ2v) is 17.4. The fourth-order valence-electron chi connectivity index (χ4n) is 8.05. The van der Waals surface area contributed by atoms with E-state index in [1.54, 1.807) is 0 Å². The van der Waals surface area contributed by atoms with Gasteiger partial charge in [-0.3, -0.25) is 14.4 Å². The van der Waals surface area contributed by atoms with Gasteiger partial charge in [0.25, 0.3) is 0 Å². The summed E-state index contributed by atoms with van der Waals surface area (Å²) in [6.07, 6.45) is 53.9. The quantitative estimate of drug-likeness (QED) is 0.0473. The largest absolute Gasteiger partial charge is 0.480 e. The Morgan fingerprint density at radius 2 is 0.661 bits per heavy atom. The minimum absolute atomic E-state index is 0.00475. The molecular formula is C50H97NO5. The molecule has 0 aromatic carbocycles. The number of rotatable bonds is 47. The summed E-state index contributed by atoms with van der Waals surface area (Å²) in [7, 11) is 0. The molecule has 2 N–H and O–H groups in total. The number of hydrogen-bond donors (Lipinski definition) is 2. The number of nitrogens with one attached hydrogen (secondary N) is 1. The molecule has 0 saturated carbocycles. The second kappa shape index (κ2) is 46.1. The van der Waals surface area contributed by atoms with Gasteiger partial charge in [-0.15, -0.1) is 0 Å². The lowest BCUT2D eigenvalue weighted by Gasteiger charge is -2.18. The lowest BCUT2D eigenvalue weighted by molar-refractivity contribution is -0.150.